The number of likely N-dealkylation sites (N-methyl/N-ethyl adjacent to an activating group) is 1. The average molecular weight is 648 g/mol. The number of rotatable bonds is 14. The number of nitrogens with one attached hydrogen (secondary N) is 3. The lowest BCUT2D eigenvalue weighted by atomic mass is 9.72. The minimum absolute atomic E-state index is 0.00667. The number of carbonyl (C=O) groups excluding carboxylic acids is 1. The quantitative estimate of drug-likeness (QED) is 0.0615. The van der Waals surface area contributed by atoms with E-state index in [4.69, 9.17) is 42.9 Å². The number of amides is 1. The Kier molecular flexibility index (Phi) is 13.7. The Bertz CT molecular complexity index is 1020. The van der Waals surface area contributed by atoms with Crippen LogP contribution in [0.4, 0.5) is 0 Å². The van der Waals surface area contributed by atoms with Crippen molar-refractivity contribution < 1.29 is 44.5 Å². The van der Waals surface area contributed by atoms with Crippen molar-refractivity contribution >= 4 is 11.9 Å². The van der Waals surface area contributed by atoms with Crippen molar-refractivity contribution in [2.45, 2.75) is 98.8 Å². The summed E-state index contributed by atoms with van der Waals surface area (Å²) in [4.78, 5) is 16.8. The van der Waals surface area contributed by atoms with Crippen LogP contribution in [0.25, 0.3) is 0 Å². The number of guanidine groups is 1. The molecule has 0 bridgehead atoms. The molecule has 2 fully saturated rings. The molecular weight excluding hydrogens is 594 g/mol. The third-order valence-electron chi connectivity index (χ3n) is 8.55. The maximum absolute atomic E-state index is 13.0. The van der Waals surface area contributed by atoms with Crippen molar-refractivity contribution in [3.05, 3.63) is 11.8 Å². The van der Waals surface area contributed by atoms with Gasteiger partial charge in [0, 0.05) is 43.6 Å². The van der Waals surface area contributed by atoms with Crippen molar-refractivity contribution in [3.8, 4) is 0 Å². The van der Waals surface area contributed by atoms with E-state index in [1.165, 1.54) is 6.92 Å². The highest BCUT2D eigenvalue weighted by atomic mass is 16.7. The first-order valence-corrected chi connectivity index (χ1v) is 15.2. The summed E-state index contributed by atoms with van der Waals surface area (Å²) in [6.45, 7) is 1.79. The Hall–Kier alpha value is -2.20. The SMILES string of the molecule is CN[C@@H]1[C@@H](O)[C@@H](O[C@@H]2C(O)C([C@H]3OC(CNCC(N)CO)=CC[C@H]3N)C(N)C[C@H]2NC(=O)[C@@H](O)CCN=C(N)N)OC[C@]1(C)O. The molecule has 18 nitrogen and oxygen atoms in total. The van der Waals surface area contributed by atoms with Gasteiger partial charge in [0.1, 0.15) is 35.8 Å². The summed E-state index contributed by atoms with van der Waals surface area (Å²) in [7, 11) is 1.57. The Balaban J connectivity index is 1.82. The molecule has 1 saturated heterocycles. The van der Waals surface area contributed by atoms with Gasteiger partial charge in [0.2, 0.25) is 5.91 Å². The first-order chi connectivity index (χ1) is 21.2. The van der Waals surface area contributed by atoms with Gasteiger partial charge in [0.25, 0.3) is 0 Å². The molecule has 1 saturated carbocycles. The maximum Gasteiger partial charge on any atom is 0.249 e. The lowest BCUT2D eigenvalue weighted by Crippen LogP contribution is -2.69. The van der Waals surface area contributed by atoms with Gasteiger partial charge >= 0.3 is 0 Å². The molecule has 4 unspecified atom stereocenters. The van der Waals surface area contributed by atoms with Gasteiger partial charge < -0.3 is 84.4 Å². The van der Waals surface area contributed by atoms with Gasteiger partial charge in [-0.2, -0.15) is 0 Å². The van der Waals surface area contributed by atoms with Crippen LogP contribution in [0.2, 0.25) is 0 Å². The van der Waals surface area contributed by atoms with Gasteiger partial charge in [-0.05, 0) is 32.9 Å². The molecule has 2 heterocycles. The second-order valence-electron chi connectivity index (χ2n) is 12.3. The van der Waals surface area contributed by atoms with Crippen LogP contribution >= 0.6 is 0 Å². The van der Waals surface area contributed by atoms with Crippen LogP contribution in [0.3, 0.4) is 0 Å². The largest absolute Gasteiger partial charge is 0.492 e. The van der Waals surface area contributed by atoms with E-state index in [-0.39, 0.29) is 38.6 Å². The van der Waals surface area contributed by atoms with Crippen molar-refractivity contribution in [2.75, 3.05) is 39.9 Å². The Morgan fingerprint density at radius 1 is 1.24 bits per heavy atom. The minimum atomic E-state index is -1.48. The Morgan fingerprint density at radius 3 is 2.60 bits per heavy atom. The predicted molar refractivity (Wildman–Crippen MR) is 163 cm³/mol. The van der Waals surface area contributed by atoms with Crippen molar-refractivity contribution in [1.29, 1.82) is 0 Å². The van der Waals surface area contributed by atoms with E-state index in [0.717, 1.165) is 0 Å². The summed E-state index contributed by atoms with van der Waals surface area (Å²) in [5.74, 6) is -1.16. The normalized spacial score (nSPS) is 38.4. The molecule has 2 aliphatic heterocycles. The molecule has 0 aromatic heterocycles. The number of hydrogen-bond donors (Lipinski definition) is 13. The van der Waals surface area contributed by atoms with Crippen LogP contribution in [0, 0.1) is 5.92 Å². The van der Waals surface area contributed by atoms with E-state index < -0.39 is 84.4 Å². The third-order valence-corrected chi connectivity index (χ3v) is 8.55. The van der Waals surface area contributed by atoms with Crippen LogP contribution in [-0.2, 0) is 19.0 Å². The smallest absolute Gasteiger partial charge is 0.249 e. The lowest BCUT2D eigenvalue weighted by molar-refractivity contribution is -0.297. The minimum Gasteiger partial charge on any atom is -0.492 e. The van der Waals surface area contributed by atoms with E-state index >= 15 is 0 Å². The van der Waals surface area contributed by atoms with Gasteiger partial charge in [0.15, 0.2) is 12.2 Å². The first kappa shape index (κ1) is 37.3. The van der Waals surface area contributed by atoms with Crippen LogP contribution in [0.1, 0.15) is 26.2 Å². The molecule has 0 spiro atoms. The molecule has 1 amide bonds. The number of ether oxygens (including phenoxy) is 3. The molecule has 3 rings (SSSR count). The second kappa shape index (κ2) is 16.6. The van der Waals surface area contributed by atoms with Crippen molar-refractivity contribution in [2.24, 2.45) is 39.6 Å². The van der Waals surface area contributed by atoms with Crippen LogP contribution < -0.4 is 44.6 Å². The fourth-order valence-corrected chi connectivity index (χ4v) is 6.13. The molecule has 18 heteroatoms. The molecule has 260 valence electrons. The zero-order valence-corrected chi connectivity index (χ0v) is 25.9. The van der Waals surface area contributed by atoms with Gasteiger partial charge in [-0.3, -0.25) is 9.79 Å². The predicted octanol–water partition coefficient (Wildman–Crippen LogP) is -6.45. The van der Waals surface area contributed by atoms with E-state index in [2.05, 4.69) is 20.9 Å². The molecular formula is C27H53N9O9. The highest BCUT2D eigenvalue weighted by Gasteiger charge is 2.53. The monoisotopic (exact) mass is 647 g/mol. The lowest BCUT2D eigenvalue weighted by Gasteiger charge is -2.50. The van der Waals surface area contributed by atoms with Crippen molar-refractivity contribution in [1.82, 2.24) is 16.0 Å². The fraction of sp³-hybridized carbons (Fsp3) is 0.852. The number of nitrogens with two attached hydrogens (primary N) is 5. The average Bonchev–Trinajstić information content (AvgIpc) is 2.97. The van der Waals surface area contributed by atoms with Crippen LogP contribution in [-0.4, -0.2) is 150 Å². The standard InChI is InChI=1S/C27H53N9O9/c1-27(42)11-43-25(20(40)23(27)33-2)45-22-16(36-24(41)17(38)5-6-35-26(31)32)7-15(30)18(19(22)39)21-14(29)4-3-13(44-21)9-34-8-12(28)10-37/h3,12,14-23,25,33-34,37-40,42H,4-11,28-30H2,1-2H3,(H,36,41)(H4,31,32,35)/t12?,14-,15?,16-,17+,18?,19?,20-,21+,22+,23-,25-,27+/m1/s1. The van der Waals surface area contributed by atoms with E-state index in [1.807, 2.05) is 6.08 Å². The molecule has 18 N–H and O–H groups in total. The Labute approximate surface area is 262 Å². The first-order valence-electron chi connectivity index (χ1n) is 15.2. The second-order valence-corrected chi connectivity index (χ2v) is 12.3. The summed E-state index contributed by atoms with van der Waals surface area (Å²) in [6.07, 6.45) is -5.19. The summed E-state index contributed by atoms with van der Waals surface area (Å²) in [5.41, 5.74) is 28.0. The van der Waals surface area contributed by atoms with Gasteiger partial charge in [-0.1, -0.05) is 0 Å². The summed E-state index contributed by atoms with van der Waals surface area (Å²) in [5, 5.41) is 61.9. The molecule has 0 radical (unpaired) electrons. The summed E-state index contributed by atoms with van der Waals surface area (Å²) >= 11 is 0. The van der Waals surface area contributed by atoms with E-state index in [9.17, 15) is 30.3 Å². The number of aliphatic hydroxyl groups is 5. The highest BCUT2D eigenvalue weighted by Crippen LogP contribution is 2.36. The zero-order valence-electron chi connectivity index (χ0n) is 25.9. The van der Waals surface area contributed by atoms with Gasteiger partial charge in [0.05, 0.1) is 37.9 Å². The number of hydrogen-bond acceptors (Lipinski definition) is 15. The maximum atomic E-state index is 13.0. The zero-order chi connectivity index (χ0) is 33.5. The summed E-state index contributed by atoms with van der Waals surface area (Å²) < 4.78 is 18.1. The van der Waals surface area contributed by atoms with Crippen molar-refractivity contribution in [3.63, 3.8) is 0 Å². The Morgan fingerprint density at radius 2 is 1.96 bits per heavy atom. The number of aliphatic hydroxyl groups excluding tert-OH is 4. The van der Waals surface area contributed by atoms with Gasteiger partial charge in [-0.25, -0.2) is 0 Å². The van der Waals surface area contributed by atoms with E-state index in [1.54, 1.807) is 7.05 Å². The topological polar surface area (TPSA) is 324 Å². The van der Waals surface area contributed by atoms with E-state index in [0.29, 0.717) is 25.3 Å². The number of nitrogens with zero attached hydrogens (tertiary/aromatic N) is 1. The molecule has 1 aliphatic carbocycles. The number of aliphatic imine (C=N–C) groups is 1. The molecule has 0 aromatic carbocycles. The van der Waals surface area contributed by atoms with Gasteiger partial charge in [-0.15, -0.1) is 0 Å². The highest BCUT2D eigenvalue weighted by molar-refractivity contribution is 5.81. The molecule has 13 atom stereocenters. The molecule has 0 aromatic rings. The molecule has 3 aliphatic rings. The van der Waals surface area contributed by atoms with Crippen LogP contribution in [0.15, 0.2) is 16.8 Å². The fourth-order valence-electron chi connectivity index (χ4n) is 6.13. The number of carbonyl (C=O) groups is 1. The summed E-state index contributed by atoms with van der Waals surface area (Å²) in [6, 6.07) is -3.49. The molecule has 45 heavy (non-hydrogen) atoms. The third kappa shape index (κ3) is 9.66. The van der Waals surface area contributed by atoms with Crippen LogP contribution in [0.5, 0.6) is 0 Å².